The van der Waals surface area contributed by atoms with Crippen molar-refractivity contribution in [2.24, 2.45) is 5.92 Å². The fraction of sp³-hybridized carbons (Fsp3) is 1.00. The Bertz CT molecular complexity index is 212. The van der Waals surface area contributed by atoms with Gasteiger partial charge in [-0.2, -0.15) is 13.2 Å². The highest BCUT2D eigenvalue weighted by molar-refractivity contribution is 4.85. The van der Waals surface area contributed by atoms with E-state index >= 15 is 0 Å². The summed E-state index contributed by atoms with van der Waals surface area (Å²) >= 11 is 0. The van der Waals surface area contributed by atoms with Gasteiger partial charge in [-0.3, -0.25) is 0 Å². The average Bonchev–Trinajstić information content (AvgIpc) is 2.78. The van der Waals surface area contributed by atoms with E-state index < -0.39 is 12.1 Å². The van der Waals surface area contributed by atoms with Crippen LogP contribution in [0, 0.1) is 5.92 Å². The minimum Gasteiger partial charge on any atom is -0.395 e. The molecule has 1 heterocycles. The van der Waals surface area contributed by atoms with E-state index in [9.17, 15) is 13.2 Å². The number of hydrogen-bond acceptors (Lipinski definition) is 3. The first-order valence-corrected chi connectivity index (χ1v) is 6.53. The van der Waals surface area contributed by atoms with Crippen LogP contribution in [0.15, 0.2) is 0 Å². The van der Waals surface area contributed by atoms with E-state index in [1.807, 2.05) is 25.8 Å². The van der Waals surface area contributed by atoms with Crippen molar-refractivity contribution >= 4 is 0 Å². The quantitative estimate of drug-likeness (QED) is 0.800. The van der Waals surface area contributed by atoms with Crippen LogP contribution in [0.25, 0.3) is 0 Å². The number of aliphatic hydroxyl groups excluding tert-OH is 1. The Morgan fingerprint density at radius 1 is 1.28 bits per heavy atom. The number of nitrogens with zero attached hydrogens (tertiary/aromatic N) is 1. The maximum atomic E-state index is 12.4. The van der Waals surface area contributed by atoms with E-state index in [4.69, 9.17) is 5.11 Å². The minimum atomic E-state index is -4.07. The van der Waals surface area contributed by atoms with Gasteiger partial charge >= 0.3 is 6.18 Å². The first-order chi connectivity index (χ1) is 8.43. The molecule has 0 radical (unpaired) electrons. The third kappa shape index (κ3) is 6.56. The fourth-order valence-corrected chi connectivity index (χ4v) is 1.95. The number of rotatable bonds is 5. The molecule has 2 atom stereocenters. The van der Waals surface area contributed by atoms with Gasteiger partial charge in [0, 0.05) is 19.1 Å². The molecule has 2 N–H and O–H groups in total. The lowest BCUT2D eigenvalue weighted by Gasteiger charge is -2.18. The van der Waals surface area contributed by atoms with Gasteiger partial charge in [0.25, 0.3) is 0 Å². The molecule has 18 heavy (non-hydrogen) atoms. The average molecular weight is 270 g/mol. The first-order valence-electron chi connectivity index (χ1n) is 6.53. The summed E-state index contributed by atoms with van der Waals surface area (Å²) in [6.45, 7) is 5.40. The van der Waals surface area contributed by atoms with Gasteiger partial charge in [-0.25, -0.2) is 0 Å². The van der Waals surface area contributed by atoms with E-state index in [1.165, 1.54) is 0 Å². The molecule has 2 unspecified atom stereocenters. The SMILES string of the molecule is CC.CN(CCO)CCC1CC(C(F)(F)F)CN1. The predicted molar refractivity (Wildman–Crippen MR) is 66.5 cm³/mol. The Labute approximate surface area is 107 Å². The van der Waals surface area contributed by atoms with Crippen LogP contribution in [0.2, 0.25) is 0 Å². The number of alkyl halides is 3. The second kappa shape index (κ2) is 8.72. The van der Waals surface area contributed by atoms with E-state index in [0.717, 1.165) is 0 Å². The number of halogens is 3. The van der Waals surface area contributed by atoms with Gasteiger partial charge in [-0.1, -0.05) is 13.8 Å². The highest BCUT2D eigenvalue weighted by atomic mass is 19.4. The fourth-order valence-electron chi connectivity index (χ4n) is 1.95. The van der Waals surface area contributed by atoms with Crippen molar-refractivity contribution in [3.05, 3.63) is 0 Å². The molecule has 0 bridgehead atoms. The van der Waals surface area contributed by atoms with Crippen LogP contribution in [0.3, 0.4) is 0 Å². The van der Waals surface area contributed by atoms with E-state index in [2.05, 4.69) is 5.32 Å². The van der Waals surface area contributed by atoms with Gasteiger partial charge in [0.15, 0.2) is 0 Å². The molecule has 0 saturated carbocycles. The maximum Gasteiger partial charge on any atom is 0.393 e. The number of aliphatic hydroxyl groups is 1. The summed E-state index contributed by atoms with van der Waals surface area (Å²) in [4.78, 5) is 1.92. The Morgan fingerprint density at radius 2 is 1.89 bits per heavy atom. The number of hydrogen-bond donors (Lipinski definition) is 2. The van der Waals surface area contributed by atoms with Gasteiger partial charge in [0.05, 0.1) is 12.5 Å². The van der Waals surface area contributed by atoms with Crippen LogP contribution in [0.1, 0.15) is 26.7 Å². The second-order valence-electron chi connectivity index (χ2n) is 4.39. The molecule has 0 amide bonds. The molecule has 110 valence electrons. The Morgan fingerprint density at radius 3 is 2.33 bits per heavy atom. The summed E-state index contributed by atoms with van der Waals surface area (Å²) in [6.07, 6.45) is -3.20. The summed E-state index contributed by atoms with van der Waals surface area (Å²) < 4.78 is 37.1. The molecule has 1 saturated heterocycles. The molecule has 0 aromatic rings. The van der Waals surface area contributed by atoms with Crippen LogP contribution in [-0.4, -0.2) is 55.5 Å². The first kappa shape index (κ1) is 17.7. The van der Waals surface area contributed by atoms with Crippen LogP contribution in [-0.2, 0) is 0 Å². The lowest BCUT2D eigenvalue weighted by Crippen LogP contribution is -2.29. The maximum absolute atomic E-state index is 12.4. The lowest BCUT2D eigenvalue weighted by atomic mass is 10.0. The highest BCUT2D eigenvalue weighted by Gasteiger charge is 2.43. The zero-order chi connectivity index (χ0) is 14.2. The molecule has 0 aliphatic carbocycles. The Kier molecular flexibility index (Phi) is 8.56. The number of nitrogens with one attached hydrogen (secondary N) is 1. The molecule has 6 heteroatoms. The van der Waals surface area contributed by atoms with Gasteiger partial charge in [-0.15, -0.1) is 0 Å². The molecule has 1 rings (SSSR count). The third-order valence-electron chi connectivity index (χ3n) is 3.03. The van der Waals surface area contributed by atoms with Gasteiger partial charge in [0.2, 0.25) is 0 Å². The van der Waals surface area contributed by atoms with Crippen molar-refractivity contribution in [3.8, 4) is 0 Å². The zero-order valence-electron chi connectivity index (χ0n) is 11.4. The summed E-state index contributed by atoms with van der Waals surface area (Å²) in [5, 5.41) is 11.6. The normalized spacial score (nSPS) is 24.0. The molecule has 0 aromatic heterocycles. The summed E-state index contributed by atoms with van der Waals surface area (Å²) in [7, 11) is 1.85. The lowest BCUT2D eigenvalue weighted by molar-refractivity contribution is -0.169. The topological polar surface area (TPSA) is 35.5 Å². The predicted octanol–water partition coefficient (Wildman–Crippen LogP) is 1.87. The van der Waals surface area contributed by atoms with Crippen molar-refractivity contribution in [3.63, 3.8) is 0 Å². The van der Waals surface area contributed by atoms with E-state index in [0.29, 0.717) is 19.5 Å². The van der Waals surface area contributed by atoms with Crippen LogP contribution < -0.4 is 5.32 Å². The Balaban J connectivity index is 0.00000137. The van der Waals surface area contributed by atoms with Crippen LogP contribution >= 0.6 is 0 Å². The van der Waals surface area contributed by atoms with Crippen molar-refractivity contribution in [2.45, 2.75) is 38.9 Å². The van der Waals surface area contributed by atoms with Crippen LogP contribution in [0.5, 0.6) is 0 Å². The highest BCUT2D eigenvalue weighted by Crippen LogP contribution is 2.33. The Hall–Kier alpha value is -0.330. The zero-order valence-corrected chi connectivity index (χ0v) is 11.4. The molecule has 1 aliphatic heterocycles. The standard InChI is InChI=1S/C10H19F3N2O.C2H6/c1-15(4-5-16)3-2-9-6-8(7-14-9)10(11,12)13;1-2/h8-9,14,16H,2-7H2,1H3;1-2H3. The monoisotopic (exact) mass is 270 g/mol. The van der Waals surface area contributed by atoms with Crippen LogP contribution in [0.4, 0.5) is 13.2 Å². The molecule has 1 fully saturated rings. The van der Waals surface area contributed by atoms with E-state index in [1.54, 1.807) is 0 Å². The van der Waals surface area contributed by atoms with Crippen molar-refractivity contribution in [1.29, 1.82) is 0 Å². The third-order valence-corrected chi connectivity index (χ3v) is 3.03. The van der Waals surface area contributed by atoms with Gasteiger partial charge < -0.3 is 15.3 Å². The van der Waals surface area contributed by atoms with Crippen molar-refractivity contribution in [1.82, 2.24) is 10.2 Å². The molecule has 3 nitrogen and oxygen atoms in total. The second-order valence-corrected chi connectivity index (χ2v) is 4.39. The van der Waals surface area contributed by atoms with Gasteiger partial charge in [-0.05, 0) is 26.4 Å². The molecule has 0 aromatic carbocycles. The number of likely N-dealkylation sites (N-methyl/N-ethyl adjacent to an activating group) is 1. The molecule has 0 spiro atoms. The van der Waals surface area contributed by atoms with Crippen molar-refractivity contribution in [2.75, 3.05) is 33.3 Å². The van der Waals surface area contributed by atoms with Gasteiger partial charge in [0.1, 0.15) is 0 Å². The molecule has 1 aliphatic rings. The smallest absolute Gasteiger partial charge is 0.393 e. The summed E-state index contributed by atoms with van der Waals surface area (Å²) in [6, 6.07) is -0.0484. The van der Waals surface area contributed by atoms with Crippen molar-refractivity contribution < 1.29 is 18.3 Å². The molecular weight excluding hydrogens is 245 g/mol. The minimum absolute atomic E-state index is 0.0396. The summed E-state index contributed by atoms with van der Waals surface area (Å²) in [5.41, 5.74) is 0. The largest absolute Gasteiger partial charge is 0.395 e. The van der Waals surface area contributed by atoms with E-state index in [-0.39, 0.29) is 25.6 Å². The summed E-state index contributed by atoms with van der Waals surface area (Å²) in [5.74, 6) is -1.19. The molecular formula is C12H25F3N2O.